The second kappa shape index (κ2) is 10.2. The second-order valence-corrected chi connectivity index (χ2v) is 15.6. The van der Waals surface area contributed by atoms with Gasteiger partial charge < -0.3 is 34.5 Å². The summed E-state index contributed by atoms with van der Waals surface area (Å²) >= 11 is 16.7. The summed E-state index contributed by atoms with van der Waals surface area (Å²) in [7, 11) is -2.47. The van der Waals surface area contributed by atoms with Gasteiger partial charge in [0.05, 0.1) is 6.61 Å². The molecule has 0 saturated carbocycles. The molecular weight excluding hydrogens is 465 g/mol. The number of rotatable bonds is 7. The molecule has 0 aromatic heterocycles. The molecule has 1 heterocycles. The normalized spacial score (nSPS) is 29.1. The number of aliphatic hydroxyl groups is 3. The van der Waals surface area contributed by atoms with Crippen LogP contribution in [0.5, 0.6) is 0 Å². The van der Waals surface area contributed by atoms with Crippen LogP contribution in [0.1, 0.15) is 27.7 Å². The molecule has 5 atom stereocenters. The zero-order valence-corrected chi connectivity index (χ0v) is 20.8. The van der Waals surface area contributed by atoms with Gasteiger partial charge in [0, 0.05) is 0 Å². The highest BCUT2D eigenvalue weighted by Gasteiger charge is 2.51. The largest absolute Gasteiger partial charge is 0.445 e. The van der Waals surface area contributed by atoms with Crippen LogP contribution in [0.4, 0.5) is 4.79 Å². The Bertz CT molecular complexity index is 560. The number of carbonyl (C=O) groups excluding carboxylic acids is 1. The molecule has 29 heavy (non-hydrogen) atoms. The second-order valence-electron chi connectivity index (χ2n) is 8.57. The summed E-state index contributed by atoms with van der Waals surface area (Å²) in [6.07, 6.45) is -6.09. The highest BCUT2D eigenvalue weighted by molar-refractivity contribution is 6.74. The molecule has 4 N–H and O–H groups in total. The van der Waals surface area contributed by atoms with Crippen LogP contribution in [0.2, 0.25) is 18.1 Å². The fourth-order valence-electron chi connectivity index (χ4n) is 2.80. The van der Waals surface area contributed by atoms with Gasteiger partial charge in [-0.25, -0.2) is 4.79 Å². The standard InChI is InChI=1S/C17H32Cl3NO7Si/c1-9(2)16(3,4)29(5,6)28-14-11(13(24)12(23)10(7-22)27-14)21-15(25)26-8-17(18,19)20/h9-14,22-24H,7-8H2,1-6H3,(H,21,25)/t10-,11-,12-,13-,14+/m1/s1. The highest BCUT2D eigenvalue weighted by atomic mass is 35.6. The van der Waals surface area contributed by atoms with E-state index < -0.39 is 62.1 Å². The molecule has 1 amide bonds. The van der Waals surface area contributed by atoms with Gasteiger partial charge in [0.2, 0.25) is 3.79 Å². The van der Waals surface area contributed by atoms with Gasteiger partial charge in [-0.05, 0) is 24.1 Å². The molecule has 0 unspecified atom stereocenters. The lowest BCUT2D eigenvalue weighted by molar-refractivity contribution is -0.247. The molecule has 8 nitrogen and oxygen atoms in total. The Balaban J connectivity index is 3.06. The Labute approximate surface area is 187 Å². The number of nitrogens with one attached hydrogen (secondary N) is 1. The number of ether oxygens (including phenoxy) is 2. The zero-order valence-electron chi connectivity index (χ0n) is 17.5. The van der Waals surface area contributed by atoms with Crippen molar-refractivity contribution in [3.05, 3.63) is 0 Å². The molecule has 0 aromatic carbocycles. The van der Waals surface area contributed by atoms with E-state index in [4.69, 9.17) is 48.7 Å². The van der Waals surface area contributed by atoms with E-state index in [1.807, 2.05) is 13.1 Å². The third-order valence-electron chi connectivity index (χ3n) is 5.94. The van der Waals surface area contributed by atoms with Crippen molar-refractivity contribution in [2.75, 3.05) is 13.2 Å². The number of carbonyl (C=O) groups is 1. The number of alkyl carbamates (subject to hydrolysis) is 1. The highest BCUT2D eigenvalue weighted by Crippen LogP contribution is 2.45. The molecule has 1 fully saturated rings. The number of aliphatic hydroxyl groups excluding tert-OH is 3. The molecular formula is C17H32Cl3NO7Si. The smallest absolute Gasteiger partial charge is 0.407 e. The van der Waals surface area contributed by atoms with Crippen molar-refractivity contribution in [3.8, 4) is 0 Å². The summed E-state index contributed by atoms with van der Waals surface area (Å²) in [5, 5.41) is 32.5. The molecule has 12 heteroatoms. The average Bonchev–Trinajstić information content (AvgIpc) is 2.58. The lowest BCUT2D eigenvalue weighted by atomic mass is 9.97. The van der Waals surface area contributed by atoms with Crippen LogP contribution in [0.15, 0.2) is 0 Å². The van der Waals surface area contributed by atoms with Crippen LogP contribution in [0.3, 0.4) is 0 Å². The van der Waals surface area contributed by atoms with Crippen LogP contribution >= 0.6 is 34.8 Å². The predicted octanol–water partition coefficient (Wildman–Crippen LogP) is 2.55. The van der Waals surface area contributed by atoms with Crippen molar-refractivity contribution in [2.45, 2.75) is 80.3 Å². The minimum atomic E-state index is -2.47. The van der Waals surface area contributed by atoms with E-state index in [1.54, 1.807) is 0 Å². The third kappa shape index (κ3) is 7.08. The lowest BCUT2D eigenvalue weighted by Crippen LogP contribution is -2.67. The molecule has 1 aliphatic rings. The van der Waals surface area contributed by atoms with Gasteiger partial charge in [-0.3, -0.25) is 0 Å². The van der Waals surface area contributed by atoms with E-state index in [1.165, 1.54) is 0 Å². The van der Waals surface area contributed by atoms with Crippen molar-refractivity contribution in [2.24, 2.45) is 5.92 Å². The van der Waals surface area contributed by atoms with Crippen LogP contribution in [-0.4, -0.2) is 77.4 Å². The molecule has 1 aliphatic heterocycles. The minimum Gasteiger partial charge on any atom is -0.445 e. The van der Waals surface area contributed by atoms with Crippen LogP contribution in [0.25, 0.3) is 0 Å². The third-order valence-corrected chi connectivity index (χ3v) is 10.8. The number of halogens is 3. The molecule has 1 rings (SSSR count). The maximum atomic E-state index is 12.1. The Kier molecular flexibility index (Phi) is 9.55. The number of hydrogen-bond acceptors (Lipinski definition) is 7. The lowest BCUT2D eigenvalue weighted by Gasteiger charge is -2.49. The van der Waals surface area contributed by atoms with E-state index >= 15 is 0 Å². The van der Waals surface area contributed by atoms with E-state index in [0.717, 1.165) is 0 Å². The van der Waals surface area contributed by atoms with Gasteiger partial charge in [-0.2, -0.15) is 0 Å². The van der Waals surface area contributed by atoms with Gasteiger partial charge >= 0.3 is 6.09 Å². The van der Waals surface area contributed by atoms with Crippen molar-refractivity contribution in [1.82, 2.24) is 5.32 Å². The number of amides is 1. The zero-order chi connectivity index (χ0) is 22.8. The minimum absolute atomic E-state index is 0.188. The van der Waals surface area contributed by atoms with E-state index in [-0.39, 0.29) is 11.0 Å². The summed E-state index contributed by atoms with van der Waals surface area (Å²) < 4.78 is 15.0. The summed E-state index contributed by atoms with van der Waals surface area (Å²) in [6.45, 7) is 11.3. The Morgan fingerprint density at radius 1 is 1.21 bits per heavy atom. The first-order valence-corrected chi connectivity index (χ1v) is 13.4. The fourth-order valence-corrected chi connectivity index (χ4v) is 5.44. The van der Waals surface area contributed by atoms with Gasteiger partial charge in [0.1, 0.15) is 31.0 Å². The van der Waals surface area contributed by atoms with Gasteiger partial charge in [-0.15, -0.1) is 0 Å². The molecule has 1 saturated heterocycles. The fraction of sp³-hybridized carbons (Fsp3) is 0.941. The monoisotopic (exact) mass is 495 g/mol. The first-order chi connectivity index (χ1) is 13.0. The molecule has 0 radical (unpaired) electrons. The maximum absolute atomic E-state index is 12.1. The van der Waals surface area contributed by atoms with Crippen molar-refractivity contribution >= 4 is 49.2 Å². The summed E-state index contributed by atoms with van der Waals surface area (Å²) in [4.78, 5) is 12.1. The van der Waals surface area contributed by atoms with Crippen molar-refractivity contribution in [1.29, 1.82) is 0 Å². The van der Waals surface area contributed by atoms with Crippen LogP contribution in [0, 0.1) is 5.92 Å². The van der Waals surface area contributed by atoms with Gasteiger partial charge in [0.15, 0.2) is 14.6 Å². The van der Waals surface area contributed by atoms with E-state index in [2.05, 4.69) is 33.0 Å². The quantitative estimate of drug-likeness (QED) is 0.316. The summed E-state index contributed by atoms with van der Waals surface area (Å²) in [6, 6.07) is -1.16. The van der Waals surface area contributed by atoms with Gasteiger partial charge in [0.25, 0.3) is 0 Å². The Morgan fingerprint density at radius 3 is 2.21 bits per heavy atom. The SMILES string of the molecule is CC(C)C(C)(C)[Si](C)(C)O[C@@H]1O[C@H](CO)[C@@H](O)[C@H](O)[C@H]1NC(=O)OCC(Cl)(Cl)Cl. The van der Waals surface area contributed by atoms with Gasteiger partial charge in [-0.1, -0.05) is 62.5 Å². The molecule has 0 aromatic rings. The van der Waals surface area contributed by atoms with E-state index in [0.29, 0.717) is 0 Å². The molecule has 0 bridgehead atoms. The first-order valence-electron chi connectivity index (χ1n) is 9.33. The number of hydrogen-bond donors (Lipinski definition) is 4. The van der Waals surface area contributed by atoms with Crippen LogP contribution < -0.4 is 5.32 Å². The molecule has 0 spiro atoms. The number of alkyl halides is 3. The Morgan fingerprint density at radius 2 is 1.76 bits per heavy atom. The summed E-state index contributed by atoms with van der Waals surface area (Å²) in [5.41, 5.74) is 0. The van der Waals surface area contributed by atoms with E-state index in [9.17, 15) is 20.1 Å². The molecule has 172 valence electrons. The average molecular weight is 497 g/mol. The van der Waals surface area contributed by atoms with Crippen molar-refractivity contribution in [3.63, 3.8) is 0 Å². The Hall–Kier alpha value is 0.157. The van der Waals surface area contributed by atoms with Crippen molar-refractivity contribution < 1.29 is 34.0 Å². The summed E-state index contributed by atoms with van der Waals surface area (Å²) in [5.74, 6) is 0.289. The maximum Gasteiger partial charge on any atom is 0.407 e. The predicted molar refractivity (Wildman–Crippen MR) is 114 cm³/mol. The van der Waals surface area contributed by atoms with Crippen LogP contribution in [-0.2, 0) is 13.9 Å². The molecule has 0 aliphatic carbocycles. The first kappa shape index (κ1) is 27.2. The topological polar surface area (TPSA) is 117 Å².